The number of non-ortho nitro benzene ring substituents is 1. The van der Waals surface area contributed by atoms with Gasteiger partial charge >= 0.3 is 5.97 Å². The Bertz CT molecular complexity index is 862. The molecule has 0 aromatic heterocycles. The smallest absolute Gasteiger partial charge is 0.317 e. The molecule has 0 heterocycles. The summed E-state index contributed by atoms with van der Waals surface area (Å²) in [6.45, 7) is 5.15. The van der Waals surface area contributed by atoms with E-state index in [-0.39, 0.29) is 30.1 Å². The number of rotatable bonds is 5. The van der Waals surface area contributed by atoms with Crippen LogP contribution in [-0.2, 0) is 14.3 Å². The first-order chi connectivity index (χ1) is 12.6. The van der Waals surface area contributed by atoms with Crippen molar-refractivity contribution in [2.24, 2.45) is 21.6 Å². The number of Topliss-reactive ketones (excluding diaryl/α,β-unsaturated/α-hetero) is 1. The number of esters is 1. The maximum Gasteiger partial charge on any atom is 0.317 e. The molecule has 0 aliphatic heterocycles. The quantitative estimate of drug-likeness (QED) is 0.313. The molecule has 10 heteroatoms. The number of carbonyl (C=O) groups is 2. The van der Waals surface area contributed by atoms with Gasteiger partial charge in [-0.2, -0.15) is 0 Å². The second kappa shape index (κ2) is 7.95. The van der Waals surface area contributed by atoms with Crippen molar-refractivity contribution in [2.45, 2.75) is 27.2 Å². The molecule has 0 saturated heterocycles. The van der Waals surface area contributed by atoms with Gasteiger partial charge in [-0.15, -0.1) is 10.2 Å². The zero-order valence-electron chi connectivity index (χ0n) is 14.9. The molecule has 9 nitrogen and oxygen atoms in total. The molecule has 1 aliphatic carbocycles. The van der Waals surface area contributed by atoms with E-state index in [9.17, 15) is 24.8 Å². The molecule has 0 bridgehead atoms. The van der Waals surface area contributed by atoms with Crippen LogP contribution in [0.2, 0.25) is 0 Å². The van der Waals surface area contributed by atoms with Gasteiger partial charge in [0.1, 0.15) is 17.4 Å². The number of azo groups is 1. The average Bonchev–Trinajstić information content (AvgIpc) is 2.54. The Morgan fingerprint density at radius 3 is 2.67 bits per heavy atom. The van der Waals surface area contributed by atoms with Gasteiger partial charge in [-0.25, -0.2) is 0 Å². The van der Waals surface area contributed by atoms with E-state index in [4.69, 9.17) is 4.74 Å². The van der Waals surface area contributed by atoms with E-state index in [1.165, 1.54) is 18.2 Å². The molecule has 1 unspecified atom stereocenters. The van der Waals surface area contributed by atoms with Crippen molar-refractivity contribution < 1.29 is 24.4 Å². The molecule has 1 aromatic rings. The molecule has 1 atom stereocenters. The predicted octanol–water partition coefficient (Wildman–Crippen LogP) is 4.39. The van der Waals surface area contributed by atoms with Crippen LogP contribution in [0.15, 0.2) is 44.4 Å². The highest BCUT2D eigenvalue weighted by Crippen LogP contribution is 2.43. The molecule has 0 amide bonds. The van der Waals surface area contributed by atoms with E-state index in [1.54, 1.807) is 20.8 Å². The van der Waals surface area contributed by atoms with Gasteiger partial charge in [-0.1, -0.05) is 13.8 Å². The summed E-state index contributed by atoms with van der Waals surface area (Å²) in [5.74, 6) is -2.63. The molecule has 27 heavy (non-hydrogen) atoms. The fourth-order valence-electron chi connectivity index (χ4n) is 2.81. The monoisotopic (exact) mass is 439 g/mol. The Kier molecular flexibility index (Phi) is 6.09. The van der Waals surface area contributed by atoms with Crippen molar-refractivity contribution >= 4 is 39.1 Å². The van der Waals surface area contributed by atoms with Crippen molar-refractivity contribution in [1.29, 1.82) is 0 Å². The summed E-state index contributed by atoms with van der Waals surface area (Å²) in [7, 11) is 0. The average molecular weight is 440 g/mol. The van der Waals surface area contributed by atoms with Crippen LogP contribution in [0.25, 0.3) is 0 Å². The number of benzene rings is 1. The lowest BCUT2D eigenvalue weighted by molar-refractivity contribution is -0.384. The third-order valence-electron chi connectivity index (χ3n) is 4.10. The summed E-state index contributed by atoms with van der Waals surface area (Å²) in [5.41, 5.74) is -1.06. The summed E-state index contributed by atoms with van der Waals surface area (Å²) in [4.78, 5) is 34.8. The van der Waals surface area contributed by atoms with Crippen LogP contribution in [0.5, 0.6) is 0 Å². The molecule has 144 valence electrons. The molecule has 1 aromatic carbocycles. The van der Waals surface area contributed by atoms with Crippen LogP contribution in [-0.4, -0.2) is 28.4 Å². The van der Waals surface area contributed by atoms with Gasteiger partial charge in [0.25, 0.3) is 5.69 Å². The lowest BCUT2D eigenvalue weighted by atomic mass is 9.70. The van der Waals surface area contributed by atoms with Crippen LogP contribution in [0.4, 0.5) is 11.4 Å². The molecule has 0 saturated carbocycles. The minimum atomic E-state index is -1.04. The lowest BCUT2D eigenvalue weighted by Crippen LogP contribution is -2.40. The number of allylic oxidation sites excluding steroid dienone is 1. The van der Waals surface area contributed by atoms with E-state index in [0.717, 1.165) is 0 Å². The number of aliphatic hydroxyl groups excluding tert-OH is 1. The SMILES string of the molecule is CCOC(=O)C1C(O)=C(N=Nc2ccc([N+](=O)[O-])cc2Br)C(=O)CC1(C)C. The standard InChI is InChI=1S/C17H18BrN3O6/c1-4-27-16(24)13-15(23)14(12(22)8-17(13,2)3)20-19-11-6-5-9(21(25)26)7-10(11)18/h5-7,13,23H,4,8H2,1-3H3. The lowest BCUT2D eigenvalue weighted by Gasteiger charge is -2.35. The van der Waals surface area contributed by atoms with E-state index in [1.807, 2.05) is 0 Å². The maximum absolute atomic E-state index is 12.4. The maximum atomic E-state index is 12.4. The Hall–Kier alpha value is -2.62. The molecule has 1 aliphatic rings. The molecule has 0 fully saturated rings. The largest absolute Gasteiger partial charge is 0.509 e. The molecule has 1 N–H and O–H groups in total. The number of halogens is 1. The third-order valence-corrected chi connectivity index (χ3v) is 4.74. The molecule has 0 spiro atoms. The summed E-state index contributed by atoms with van der Waals surface area (Å²) < 4.78 is 5.30. The van der Waals surface area contributed by atoms with Gasteiger partial charge in [-0.05, 0) is 34.3 Å². The van der Waals surface area contributed by atoms with Crippen LogP contribution >= 0.6 is 15.9 Å². The Balaban J connectivity index is 2.42. The minimum absolute atomic E-state index is 0.0175. The first-order valence-corrected chi connectivity index (χ1v) is 8.86. The zero-order chi connectivity index (χ0) is 20.4. The zero-order valence-corrected chi connectivity index (χ0v) is 16.5. The Morgan fingerprint density at radius 2 is 2.11 bits per heavy atom. The van der Waals surface area contributed by atoms with Crippen molar-refractivity contribution in [3.8, 4) is 0 Å². The molecule has 2 rings (SSSR count). The van der Waals surface area contributed by atoms with Crippen LogP contribution < -0.4 is 0 Å². The third kappa shape index (κ3) is 4.38. The van der Waals surface area contributed by atoms with Crippen LogP contribution in [0.3, 0.4) is 0 Å². The van der Waals surface area contributed by atoms with Crippen molar-refractivity contribution in [2.75, 3.05) is 6.61 Å². The number of nitro groups is 1. The first kappa shape index (κ1) is 20.7. The van der Waals surface area contributed by atoms with Gasteiger partial charge in [0.05, 0.1) is 16.0 Å². The van der Waals surface area contributed by atoms with E-state index in [0.29, 0.717) is 4.47 Å². The number of ketones is 1. The highest BCUT2D eigenvalue weighted by molar-refractivity contribution is 9.10. The molecule has 0 radical (unpaired) electrons. The Labute approximate surface area is 163 Å². The molecular formula is C17H18BrN3O6. The number of hydrogen-bond donors (Lipinski definition) is 1. The predicted molar refractivity (Wildman–Crippen MR) is 98.5 cm³/mol. The van der Waals surface area contributed by atoms with Gasteiger partial charge in [0.15, 0.2) is 11.5 Å². The normalized spacial score (nSPS) is 19.4. The number of aliphatic hydroxyl groups is 1. The first-order valence-electron chi connectivity index (χ1n) is 8.07. The number of hydrogen-bond acceptors (Lipinski definition) is 8. The van der Waals surface area contributed by atoms with Crippen molar-refractivity contribution in [3.63, 3.8) is 0 Å². The summed E-state index contributed by atoms with van der Waals surface area (Å²) in [6, 6.07) is 3.83. The van der Waals surface area contributed by atoms with Gasteiger partial charge < -0.3 is 9.84 Å². The van der Waals surface area contributed by atoms with Gasteiger partial charge in [0.2, 0.25) is 0 Å². The Morgan fingerprint density at radius 1 is 1.44 bits per heavy atom. The fraction of sp³-hybridized carbons (Fsp3) is 0.412. The highest BCUT2D eigenvalue weighted by Gasteiger charge is 2.47. The number of nitrogens with zero attached hydrogens (tertiary/aromatic N) is 3. The summed E-state index contributed by atoms with van der Waals surface area (Å²) in [5, 5.41) is 29.0. The van der Waals surface area contributed by atoms with Crippen molar-refractivity contribution in [3.05, 3.63) is 44.2 Å². The minimum Gasteiger partial charge on any atom is -0.509 e. The number of ether oxygens (including phenoxy) is 1. The van der Waals surface area contributed by atoms with Crippen LogP contribution in [0.1, 0.15) is 27.2 Å². The van der Waals surface area contributed by atoms with E-state index in [2.05, 4.69) is 26.2 Å². The van der Waals surface area contributed by atoms with E-state index < -0.39 is 33.8 Å². The fourth-order valence-corrected chi connectivity index (χ4v) is 3.25. The second-order valence-corrected chi connectivity index (χ2v) is 7.45. The summed E-state index contributed by atoms with van der Waals surface area (Å²) in [6.07, 6.45) is -0.0175. The topological polar surface area (TPSA) is 131 Å². The van der Waals surface area contributed by atoms with Gasteiger partial charge in [0, 0.05) is 18.6 Å². The number of carbonyl (C=O) groups excluding carboxylic acids is 2. The molecular weight excluding hydrogens is 422 g/mol. The second-order valence-electron chi connectivity index (χ2n) is 6.60. The van der Waals surface area contributed by atoms with Gasteiger partial charge in [-0.3, -0.25) is 19.7 Å². The van der Waals surface area contributed by atoms with E-state index >= 15 is 0 Å². The van der Waals surface area contributed by atoms with Crippen LogP contribution in [0, 0.1) is 21.4 Å². The number of nitro benzene ring substituents is 1. The summed E-state index contributed by atoms with van der Waals surface area (Å²) >= 11 is 3.15. The highest BCUT2D eigenvalue weighted by atomic mass is 79.9. The van der Waals surface area contributed by atoms with Crippen molar-refractivity contribution in [1.82, 2.24) is 0 Å².